The lowest BCUT2D eigenvalue weighted by Gasteiger charge is -2.10. The van der Waals surface area contributed by atoms with E-state index in [0.717, 1.165) is 11.3 Å². The van der Waals surface area contributed by atoms with Crippen molar-refractivity contribution in [3.05, 3.63) is 29.3 Å². The van der Waals surface area contributed by atoms with Crippen LogP contribution in [0, 0.1) is 13.8 Å². The molecule has 0 fully saturated rings. The molecule has 0 atom stereocenters. The minimum atomic E-state index is -2.88. The zero-order valence-electron chi connectivity index (χ0n) is 11.2. The number of hydrogen-bond donors (Lipinski definition) is 1. The highest BCUT2D eigenvalue weighted by Crippen LogP contribution is 2.18. The van der Waals surface area contributed by atoms with Gasteiger partial charge in [0.1, 0.15) is 22.2 Å². The molecule has 0 heterocycles. The molecule has 0 radical (unpaired) electrons. The average Bonchev–Trinajstić information content (AvgIpc) is 2.26. The molecule has 4 nitrogen and oxygen atoms in total. The van der Waals surface area contributed by atoms with Gasteiger partial charge in [-0.2, -0.15) is 0 Å². The monoisotopic (exact) mass is 271 g/mol. The first kappa shape index (κ1) is 15.0. The molecule has 1 aromatic carbocycles. The summed E-state index contributed by atoms with van der Waals surface area (Å²) in [6, 6.07) is 6.08. The van der Waals surface area contributed by atoms with Crippen LogP contribution in [-0.2, 0) is 9.84 Å². The molecule has 0 aromatic heterocycles. The van der Waals surface area contributed by atoms with Crippen molar-refractivity contribution in [1.29, 1.82) is 0 Å². The van der Waals surface area contributed by atoms with E-state index in [2.05, 4.69) is 5.32 Å². The SMILES string of the molecule is Cc1ccc(C)c(OCCNCCS(C)(=O)=O)c1. The van der Waals surface area contributed by atoms with Gasteiger partial charge in [0.2, 0.25) is 0 Å². The van der Waals surface area contributed by atoms with Gasteiger partial charge in [-0.3, -0.25) is 0 Å². The van der Waals surface area contributed by atoms with Crippen molar-refractivity contribution in [3.63, 3.8) is 0 Å². The number of rotatable bonds is 7. The zero-order valence-corrected chi connectivity index (χ0v) is 12.0. The number of aryl methyl sites for hydroxylation is 2. The first-order chi connectivity index (χ1) is 8.38. The molecule has 0 unspecified atom stereocenters. The van der Waals surface area contributed by atoms with Crippen LogP contribution in [0.25, 0.3) is 0 Å². The summed E-state index contributed by atoms with van der Waals surface area (Å²) in [4.78, 5) is 0. The van der Waals surface area contributed by atoms with E-state index in [0.29, 0.717) is 19.7 Å². The summed E-state index contributed by atoms with van der Waals surface area (Å²) in [5, 5.41) is 3.04. The molecule has 0 aliphatic carbocycles. The summed E-state index contributed by atoms with van der Waals surface area (Å²) in [5.74, 6) is 1.05. The van der Waals surface area contributed by atoms with E-state index in [-0.39, 0.29) is 5.75 Å². The fourth-order valence-corrected chi connectivity index (χ4v) is 1.99. The van der Waals surface area contributed by atoms with Crippen molar-refractivity contribution in [2.45, 2.75) is 13.8 Å². The lowest BCUT2D eigenvalue weighted by molar-refractivity contribution is 0.313. The largest absolute Gasteiger partial charge is 0.492 e. The normalized spacial score (nSPS) is 11.5. The molecule has 5 heteroatoms. The van der Waals surface area contributed by atoms with Crippen LogP contribution < -0.4 is 10.1 Å². The predicted octanol–water partition coefficient (Wildman–Crippen LogP) is 1.32. The molecular formula is C13H21NO3S. The van der Waals surface area contributed by atoms with Crippen molar-refractivity contribution < 1.29 is 13.2 Å². The van der Waals surface area contributed by atoms with Crippen molar-refractivity contribution in [2.75, 3.05) is 31.7 Å². The van der Waals surface area contributed by atoms with E-state index in [1.165, 1.54) is 11.8 Å². The molecule has 0 aliphatic heterocycles. The molecule has 0 amide bonds. The second kappa shape index (κ2) is 6.75. The summed E-state index contributed by atoms with van der Waals surface area (Å²) >= 11 is 0. The lowest BCUT2D eigenvalue weighted by atomic mass is 10.1. The number of sulfone groups is 1. The molecule has 0 saturated heterocycles. The molecule has 102 valence electrons. The average molecular weight is 271 g/mol. The van der Waals surface area contributed by atoms with E-state index in [4.69, 9.17) is 4.74 Å². The summed E-state index contributed by atoms with van der Waals surface area (Å²) in [6.07, 6.45) is 1.24. The van der Waals surface area contributed by atoms with Gasteiger partial charge >= 0.3 is 0 Å². The number of hydrogen-bond acceptors (Lipinski definition) is 4. The summed E-state index contributed by atoms with van der Waals surface area (Å²) < 4.78 is 27.4. The van der Waals surface area contributed by atoms with Crippen LogP contribution in [0.3, 0.4) is 0 Å². The van der Waals surface area contributed by atoms with Gasteiger partial charge in [0.25, 0.3) is 0 Å². The van der Waals surface area contributed by atoms with Crippen molar-refractivity contribution >= 4 is 9.84 Å². The standard InChI is InChI=1S/C13H21NO3S/c1-11-4-5-12(2)13(10-11)17-8-6-14-7-9-18(3,15)16/h4-5,10,14H,6-9H2,1-3H3. The maximum Gasteiger partial charge on any atom is 0.148 e. The summed E-state index contributed by atoms with van der Waals surface area (Å²) in [7, 11) is -2.88. The third-order valence-corrected chi connectivity index (χ3v) is 3.48. The Labute approximate surface area is 109 Å². The zero-order chi connectivity index (χ0) is 13.6. The third kappa shape index (κ3) is 6.02. The van der Waals surface area contributed by atoms with Gasteiger partial charge in [-0.15, -0.1) is 0 Å². The highest BCUT2D eigenvalue weighted by atomic mass is 32.2. The van der Waals surface area contributed by atoms with Crippen LogP contribution in [0.15, 0.2) is 18.2 Å². The summed E-state index contributed by atoms with van der Waals surface area (Å²) in [6.45, 7) is 5.68. The van der Waals surface area contributed by atoms with Crippen molar-refractivity contribution in [2.24, 2.45) is 0 Å². The predicted molar refractivity (Wildman–Crippen MR) is 74.0 cm³/mol. The lowest BCUT2D eigenvalue weighted by Crippen LogP contribution is -2.26. The van der Waals surface area contributed by atoms with E-state index >= 15 is 0 Å². The van der Waals surface area contributed by atoms with Crippen molar-refractivity contribution in [3.8, 4) is 5.75 Å². The Bertz CT molecular complexity index is 483. The number of ether oxygens (including phenoxy) is 1. The third-order valence-electron chi connectivity index (χ3n) is 2.53. The highest BCUT2D eigenvalue weighted by molar-refractivity contribution is 7.90. The molecule has 1 N–H and O–H groups in total. The summed E-state index contributed by atoms with van der Waals surface area (Å²) in [5.41, 5.74) is 2.28. The molecule has 0 aliphatic rings. The van der Waals surface area contributed by atoms with Gasteiger partial charge < -0.3 is 10.1 Å². The van der Waals surface area contributed by atoms with Crippen LogP contribution >= 0.6 is 0 Å². The molecule has 18 heavy (non-hydrogen) atoms. The number of benzene rings is 1. The second-order valence-electron chi connectivity index (χ2n) is 4.50. The Morgan fingerprint density at radius 3 is 2.61 bits per heavy atom. The van der Waals surface area contributed by atoms with E-state index in [1.54, 1.807) is 0 Å². The van der Waals surface area contributed by atoms with Crippen LogP contribution in [0.4, 0.5) is 0 Å². The van der Waals surface area contributed by atoms with Crippen LogP contribution in [0.1, 0.15) is 11.1 Å². The maximum absolute atomic E-state index is 10.9. The minimum Gasteiger partial charge on any atom is -0.492 e. The Morgan fingerprint density at radius 2 is 1.94 bits per heavy atom. The maximum atomic E-state index is 10.9. The van der Waals surface area contributed by atoms with Gasteiger partial charge in [0.15, 0.2) is 0 Å². The van der Waals surface area contributed by atoms with Crippen LogP contribution in [-0.4, -0.2) is 40.1 Å². The van der Waals surface area contributed by atoms with Gasteiger partial charge in [-0.05, 0) is 31.0 Å². The Balaban J connectivity index is 2.24. The molecule has 0 spiro atoms. The van der Waals surface area contributed by atoms with Gasteiger partial charge in [0.05, 0.1) is 5.75 Å². The fourth-order valence-electron chi connectivity index (χ4n) is 1.48. The Hall–Kier alpha value is -1.07. The molecule has 1 rings (SSSR count). The fraction of sp³-hybridized carbons (Fsp3) is 0.538. The van der Waals surface area contributed by atoms with E-state index in [9.17, 15) is 8.42 Å². The number of nitrogens with one attached hydrogen (secondary N) is 1. The molecular weight excluding hydrogens is 250 g/mol. The smallest absolute Gasteiger partial charge is 0.148 e. The molecule has 0 bridgehead atoms. The minimum absolute atomic E-state index is 0.163. The molecule has 1 aromatic rings. The first-order valence-electron chi connectivity index (χ1n) is 5.97. The highest BCUT2D eigenvalue weighted by Gasteiger charge is 2.01. The van der Waals surface area contributed by atoms with Crippen LogP contribution in [0.2, 0.25) is 0 Å². The second-order valence-corrected chi connectivity index (χ2v) is 6.76. The van der Waals surface area contributed by atoms with Gasteiger partial charge in [-0.1, -0.05) is 12.1 Å². The van der Waals surface area contributed by atoms with Crippen LogP contribution in [0.5, 0.6) is 5.75 Å². The van der Waals surface area contributed by atoms with Gasteiger partial charge in [0, 0.05) is 19.3 Å². The van der Waals surface area contributed by atoms with Gasteiger partial charge in [-0.25, -0.2) is 8.42 Å². The first-order valence-corrected chi connectivity index (χ1v) is 8.03. The van der Waals surface area contributed by atoms with E-state index in [1.807, 2.05) is 32.0 Å². The quantitative estimate of drug-likeness (QED) is 0.760. The Morgan fingerprint density at radius 1 is 1.22 bits per heavy atom. The van der Waals surface area contributed by atoms with E-state index < -0.39 is 9.84 Å². The topological polar surface area (TPSA) is 55.4 Å². The van der Waals surface area contributed by atoms with Crippen molar-refractivity contribution in [1.82, 2.24) is 5.32 Å². The Kier molecular flexibility index (Phi) is 5.62. The molecule has 0 saturated carbocycles.